The van der Waals surface area contributed by atoms with Crippen molar-refractivity contribution >= 4 is 0 Å². The predicted molar refractivity (Wildman–Crippen MR) is 86.5 cm³/mol. The van der Waals surface area contributed by atoms with Crippen LogP contribution in [0.2, 0.25) is 0 Å². The van der Waals surface area contributed by atoms with Gasteiger partial charge in [-0.3, -0.25) is 0 Å². The molecule has 1 heteroatoms. The van der Waals surface area contributed by atoms with Crippen molar-refractivity contribution in [1.29, 1.82) is 0 Å². The fraction of sp³-hybridized carbons (Fsp3) is 1.00. The van der Waals surface area contributed by atoms with Crippen LogP contribution in [0.1, 0.15) is 104 Å². The van der Waals surface area contributed by atoms with Crippen LogP contribution in [0.3, 0.4) is 0 Å². The molecule has 0 bridgehead atoms. The van der Waals surface area contributed by atoms with Gasteiger partial charge >= 0.3 is 0 Å². The van der Waals surface area contributed by atoms with Gasteiger partial charge in [-0.05, 0) is 18.8 Å². The van der Waals surface area contributed by atoms with Crippen LogP contribution in [0.25, 0.3) is 0 Å². The normalized spacial score (nSPS) is 13.1. The van der Waals surface area contributed by atoms with Crippen molar-refractivity contribution in [3.05, 3.63) is 0 Å². The minimum Gasteiger partial charge on any atom is -0.393 e. The Balaban J connectivity index is 3.13. The number of unbranched alkanes of at least 4 members (excludes halogenated alkanes) is 8. The third-order valence-corrected chi connectivity index (χ3v) is 3.96. The maximum atomic E-state index is 9.88. The summed E-state index contributed by atoms with van der Waals surface area (Å²) in [5.74, 6) is 0.856. The van der Waals surface area contributed by atoms with Crippen LogP contribution in [-0.4, -0.2) is 11.2 Å². The maximum Gasteiger partial charge on any atom is 0.0540 e. The lowest BCUT2D eigenvalue weighted by molar-refractivity contribution is 0.147. The van der Waals surface area contributed by atoms with Crippen LogP contribution in [0.4, 0.5) is 0 Å². The lowest BCUT2D eigenvalue weighted by Gasteiger charge is -2.10. The Morgan fingerprint density at radius 2 is 1.05 bits per heavy atom. The first kappa shape index (κ1) is 19.0. The summed E-state index contributed by atoms with van der Waals surface area (Å²) in [6.07, 6.45) is 16.6. The SMILES string of the molecule is CCCCCCCC(O)CCCCCCCC(C)C. The smallest absolute Gasteiger partial charge is 0.0540 e. The largest absolute Gasteiger partial charge is 0.393 e. The molecule has 1 nitrogen and oxygen atoms in total. The molecule has 0 spiro atoms. The van der Waals surface area contributed by atoms with E-state index in [1.165, 1.54) is 70.6 Å². The predicted octanol–water partition coefficient (Wildman–Crippen LogP) is 6.09. The van der Waals surface area contributed by atoms with Crippen LogP contribution in [0.15, 0.2) is 0 Å². The molecule has 0 fully saturated rings. The highest BCUT2D eigenvalue weighted by atomic mass is 16.3. The van der Waals surface area contributed by atoms with E-state index in [1.54, 1.807) is 0 Å². The summed E-state index contributed by atoms with van der Waals surface area (Å²) in [7, 11) is 0. The average molecular weight is 271 g/mol. The molecule has 1 unspecified atom stereocenters. The number of aliphatic hydroxyl groups is 1. The van der Waals surface area contributed by atoms with Crippen molar-refractivity contribution < 1.29 is 5.11 Å². The van der Waals surface area contributed by atoms with Gasteiger partial charge in [0, 0.05) is 0 Å². The monoisotopic (exact) mass is 270 g/mol. The van der Waals surface area contributed by atoms with Crippen molar-refractivity contribution in [3.8, 4) is 0 Å². The first-order valence-electron chi connectivity index (χ1n) is 8.84. The second kappa shape index (κ2) is 14.4. The van der Waals surface area contributed by atoms with Crippen LogP contribution in [0, 0.1) is 5.92 Å². The van der Waals surface area contributed by atoms with E-state index < -0.39 is 0 Å². The Labute approximate surface area is 122 Å². The van der Waals surface area contributed by atoms with Crippen molar-refractivity contribution in [1.82, 2.24) is 0 Å². The fourth-order valence-electron chi connectivity index (χ4n) is 2.59. The second-order valence-electron chi connectivity index (χ2n) is 6.60. The number of aliphatic hydroxyl groups excluding tert-OH is 1. The highest BCUT2D eigenvalue weighted by molar-refractivity contribution is 4.57. The van der Waals surface area contributed by atoms with Crippen molar-refractivity contribution in [2.75, 3.05) is 0 Å². The quantitative estimate of drug-likeness (QED) is 0.378. The Kier molecular flexibility index (Phi) is 14.3. The van der Waals surface area contributed by atoms with Crippen LogP contribution < -0.4 is 0 Å². The first-order valence-corrected chi connectivity index (χ1v) is 8.84. The van der Waals surface area contributed by atoms with Crippen molar-refractivity contribution in [3.63, 3.8) is 0 Å². The Morgan fingerprint density at radius 1 is 0.632 bits per heavy atom. The first-order chi connectivity index (χ1) is 9.16. The summed E-state index contributed by atoms with van der Waals surface area (Å²) in [6.45, 7) is 6.85. The standard InChI is InChI=1S/C18H38O/c1-4-5-6-8-12-15-18(19)16-13-10-7-9-11-14-17(2)3/h17-19H,4-16H2,1-3H3. The second-order valence-corrected chi connectivity index (χ2v) is 6.60. The van der Waals surface area contributed by atoms with Gasteiger partial charge in [0.1, 0.15) is 0 Å². The van der Waals surface area contributed by atoms with Gasteiger partial charge in [0.05, 0.1) is 6.10 Å². The van der Waals surface area contributed by atoms with E-state index in [0.717, 1.165) is 18.8 Å². The van der Waals surface area contributed by atoms with E-state index in [9.17, 15) is 5.11 Å². The Hall–Kier alpha value is -0.0400. The van der Waals surface area contributed by atoms with Crippen LogP contribution in [-0.2, 0) is 0 Å². The lowest BCUT2D eigenvalue weighted by atomic mass is 10.0. The molecule has 116 valence electrons. The van der Waals surface area contributed by atoms with Gasteiger partial charge in [-0.15, -0.1) is 0 Å². The summed E-state index contributed by atoms with van der Waals surface area (Å²) in [5, 5.41) is 9.88. The number of hydrogen-bond acceptors (Lipinski definition) is 1. The molecule has 0 rings (SSSR count). The summed E-state index contributed by atoms with van der Waals surface area (Å²) in [6, 6.07) is 0. The number of hydrogen-bond donors (Lipinski definition) is 1. The zero-order chi connectivity index (χ0) is 14.3. The van der Waals surface area contributed by atoms with Gasteiger partial charge < -0.3 is 5.11 Å². The molecule has 19 heavy (non-hydrogen) atoms. The summed E-state index contributed by atoms with van der Waals surface area (Å²) in [4.78, 5) is 0. The molecular formula is C18H38O. The summed E-state index contributed by atoms with van der Waals surface area (Å²) >= 11 is 0. The zero-order valence-electron chi connectivity index (χ0n) is 13.8. The summed E-state index contributed by atoms with van der Waals surface area (Å²) < 4.78 is 0. The van der Waals surface area contributed by atoms with Crippen LogP contribution in [0.5, 0.6) is 0 Å². The average Bonchev–Trinajstić information content (AvgIpc) is 2.37. The van der Waals surface area contributed by atoms with E-state index >= 15 is 0 Å². The molecule has 0 aromatic carbocycles. The minimum absolute atomic E-state index is 0.0303. The Morgan fingerprint density at radius 3 is 1.53 bits per heavy atom. The molecule has 0 saturated carbocycles. The van der Waals surface area contributed by atoms with Gasteiger partial charge in [-0.2, -0.15) is 0 Å². The van der Waals surface area contributed by atoms with Crippen molar-refractivity contribution in [2.45, 2.75) is 110 Å². The van der Waals surface area contributed by atoms with Gasteiger partial charge in [0.15, 0.2) is 0 Å². The lowest BCUT2D eigenvalue weighted by Crippen LogP contribution is -2.05. The Bertz CT molecular complexity index is 165. The summed E-state index contributed by atoms with van der Waals surface area (Å²) in [5.41, 5.74) is 0. The highest BCUT2D eigenvalue weighted by Crippen LogP contribution is 2.14. The number of rotatable bonds is 14. The minimum atomic E-state index is -0.0303. The maximum absolute atomic E-state index is 9.88. The van der Waals surface area contributed by atoms with E-state index in [4.69, 9.17) is 0 Å². The molecule has 0 amide bonds. The molecular weight excluding hydrogens is 232 g/mol. The molecule has 0 heterocycles. The van der Waals surface area contributed by atoms with E-state index in [0.29, 0.717) is 0 Å². The molecule has 0 aliphatic rings. The molecule has 0 aromatic heterocycles. The van der Waals surface area contributed by atoms with Crippen molar-refractivity contribution in [2.24, 2.45) is 5.92 Å². The molecule has 0 saturated heterocycles. The van der Waals surface area contributed by atoms with E-state index in [2.05, 4.69) is 20.8 Å². The molecule has 1 N–H and O–H groups in total. The molecule has 0 radical (unpaired) electrons. The van der Waals surface area contributed by atoms with E-state index in [1.807, 2.05) is 0 Å². The molecule has 0 aliphatic heterocycles. The third-order valence-electron chi connectivity index (χ3n) is 3.96. The molecule has 0 aromatic rings. The van der Waals surface area contributed by atoms with Gasteiger partial charge in [0.25, 0.3) is 0 Å². The fourth-order valence-corrected chi connectivity index (χ4v) is 2.59. The molecule has 0 aliphatic carbocycles. The van der Waals surface area contributed by atoms with E-state index in [-0.39, 0.29) is 6.10 Å². The third kappa shape index (κ3) is 15.9. The van der Waals surface area contributed by atoms with Gasteiger partial charge in [0.2, 0.25) is 0 Å². The highest BCUT2D eigenvalue weighted by Gasteiger charge is 2.03. The van der Waals surface area contributed by atoms with Gasteiger partial charge in [-0.1, -0.05) is 91.4 Å². The molecule has 1 atom stereocenters. The zero-order valence-corrected chi connectivity index (χ0v) is 13.8. The van der Waals surface area contributed by atoms with Gasteiger partial charge in [-0.25, -0.2) is 0 Å². The topological polar surface area (TPSA) is 20.2 Å². The van der Waals surface area contributed by atoms with Crippen LogP contribution >= 0.6 is 0 Å².